The van der Waals surface area contributed by atoms with E-state index < -0.39 is 0 Å². The van der Waals surface area contributed by atoms with E-state index in [0.717, 1.165) is 29.0 Å². The van der Waals surface area contributed by atoms with Gasteiger partial charge >= 0.3 is 0 Å². The Bertz CT molecular complexity index is 521. The molecule has 0 atom stereocenters. The number of halogens is 3. The number of hydrogen-bond acceptors (Lipinski definition) is 0. The first-order valence-corrected chi connectivity index (χ1v) is 6.48. The number of aryl methyl sites for hydroxylation is 2. The second kappa shape index (κ2) is 5.77. The van der Waals surface area contributed by atoms with E-state index in [4.69, 9.17) is 34.8 Å². The highest BCUT2D eigenvalue weighted by molar-refractivity contribution is 6.42. The first-order chi connectivity index (χ1) is 8.18. The zero-order chi connectivity index (χ0) is 12.3. The van der Waals surface area contributed by atoms with Gasteiger partial charge in [0.1, 0.15) is 0 Å². The Labute approximate surface area is 116 Å². The third kappa shape index (κ3) is 3.16. The minimum Gasteiger partial charge on any atom is -0.0840 e. The molecule has 0 aliphatic heterocycles. The van der Waals surface area contributed by atoms with Gasteiger partial charge in [-0.2, -0.15) is 0 Å². The van der Waals surface area contributed by atoms with Gasteiger partial charge in [0.25, 0.3) is 0 Å². The lowest BCUT2D eigenvalue weighted by Crippen LogP contribution is -1.93. The molecule has 0 aromatic heterocycles. The van der Waals surface area contributed by atoms with Crippen molar-refractivity contribution in [2.24, 2.45) is 0 Å². The van der Waals surface area contributed by atoms with Gasteiger partial charge in [0, 0.05) is 5.02 Å². The van der Waals surface area contributed by atoms with Gasteiger partial charge in [0.15, 0.2) is 0 Å². The van der Waals surface area contributed by atoms with Gasteiger partial charge in [-0.3, -0.25) is 0 Å². The molecule has 0 spiro atoms. The van der Waals surface area contributed by atoms with Gasteiger partial charge < -0.3 is 0 Å². The molecule has 88 valence electrons. The zero-order valence-electron chi connectivity index (χ0n) is 9.09. The Balaban J connectivity index is 2.13. The van der Waals surface area contributed by atoms with Gasteiger partial charge in [0.2, 0.25) is 0 Å². The molecule has 0 saturated carbocycles. The van der Waals surface area contributed by atoms with E-state index in [0.29, 0.717) is 10.0 Å². The van der Waals surface area contributed by atoms with E-state index in [-0.39, 0.29) is 0 Å². The summed E-state index contributed by atoms with van der Waals surface area (Å²) in [4.78, 5) is 0. The maximum absolute atomic E-state index is 6.13. The average molecular weight is 286 g/mol. The molecule has 0 amide bonds. The Hall–Kier alpha value is -0.690. The molecule has 0 N–H and O–H groups in total. The molecule has 0 bridgehead atoms. The van der Waals surface area contributed by atoms with Crippen LogP contribution in [0.1, 0.15) is 11.1 Å². The fourth-order valence-corrected chi connectivity index (χ4v) is 2.36. The maximum atomic E-state index is 6.13. The van der Waals surface area contributed by atoms with Crippen LogP contribution in [0.25, 0.3) is 0 Å². The molecule has 0 radical (unpaired) electrons. The van der Waals surface area contributed by atoms with Gasteiger partial charge in [-0.1, -0.05) is 65.1 Å². The van der Waals surface area contributed by atoms with E-state index in [1.54, 1.807) is 6.07 Å². The van der Waals surface area contributed by atoms with Crippen molar-refractivity contribution in [1.29, 1.82) is 0 Å². The summed E-state index contributed by atoms with van der Waals surface area (Å²) in [6, 6.07) is 13.5. The van der Waals surface area contributed by atoms with E-state index in [1.165, 1.54) is 0 Å². The van der Waals surface area contributed by atoms with Crippen molar-refractivity contribution >= 4 is 34.8 Å². The van der Waals surface area contributed by atoms with Crippen LogP contribution in [0.5, 0.6) is 0 Å². The van der Waals surface area contributed by atoms with Crippen LogP contribution in [-0.2, 0) is 12.8 Å². The van der Waals surface area contributed by atoms with Gasteiger partial charge in [-0.05, 0) is 36.1 Å². The van der Waals surface area contributed by atoms with Crippen molar-refractivity contribution in [2.75, 3.05) is 0 Å². The van der Waals surface area contributed by atoms with Crippen LogP contribution < -0.4 is 0 Å². The lowest BCUT2D eigenvalue weighted by Gasteiger charge is -2.07. The molecule has 0 fully saturated rings. The van der Waals surface area contributed by atoms with Crippen LogP contribution in [0.3, 0.4) is 0 Å². The monoisotopic (exact) mass is 284 g/mol. The average Bonchev–Trinajstić information content (AvgIpc) is 2.33. The Morgan fingerprint density at radius 1 is 0.647 bits per heavy atom. The molecule has 2 rings (SSSR count). The summed E-state index contributed by atoms with van der Waals surface area (Å²) in [6.45, 7) is 0. The van der Waals surface area contributed by atoms with E-state index in [1.807, 2.05) is 36.4 Å². The molecular weight excluding hydrogens is 275 g/mol. The molecule has 0 saturated heterocycles. The summed E-state index contributed by atoms with van der Waals surface area (Å²) in [7, 11) is 0. The number of rotatable bonds is 3. The minimum atomic E-state index is 0.600. The molecule has 0 unspecified atom stereocenters. The third-order valence-electron chi connectivity index (χ3n) is 2.65. The first-order valence-electron chi connectivity index (χ1n) is 5.35. The SMILES string of the molecule is Clc1ccccc1CCc1cccc(Cl)c1Cl. The minimum absolute atomic E-state index is 0.600. The van der Waals surface area contributed by atoms with Crippen LogP contribution in [0, 0.1) is 0 Å². The smallest absolute Gasteiger partial charge is 0.0624 e. The summed E-state index contributed by atoms with van der Waals surface area (Å²) >= 11 is 18.2. The van der Waals surface area contributed by atoms with Gasteiger partial charge in [-0.15, -0.1) is 0 Å². The van der Waals surface area contributed by atoms with Crippen LogP contribution >= 0.6 is 34.8 Å². The lowest BCUT2D eigenvalue weighted by atomic mass is 10.0. The number of hydrogen-bond donors (Lipinski definition) is 0. The Kier molecular flexibility index (Phi) is 4.33. The van der Waals surface area contributed by atoms with Crippen molar-refractivity contribution in [2.45, 2.75) is 12.8 Å². The molecule has 3 heteroatoms. The summed E-state index contributed by atoms with van der Waals surface area (Å²) < 4.78 is 0. The van der Waals surface area contributed by atoms with E-state index in [2.05, 4.69) is 0 Å². The molecule has 0 aliphatic rings. The topological polar surface area (TPSA) is 0 Å². The molecule has 17 heavy (non-hydrogen) atoms. The quantitative estimate of drug-likeness (QED) is 0.705. The molecular formula is C14H11Cl3. The van der Waals surface area contributed by atoms with Gasteiger partial charge in [-0.25, -0.2) is 0 Å². The van der Waals surface area contributed by atoms with E-state index in [9.17, 15) is 0 Å². The summed E-state index contributed by atoms with van der Waals surface area (Å²) in [5.41, 5.74) is 2.18. The Morgan fingerprint density at radius 2 is 1.24 bits per heavy atom. The fourth-order valence-electron chi connectivity index (χ4n) is 1.71. The predicted octanol–water partition coefficient (Wildman–Crippen LogP) is 5.43. The standard InChI is InChI=1S/C14H11Cl3/c15-12-6-2-1-4-10(12)8-9-11-5-3-7-13(16)14(11)17/h1-7H,8-9H2. The third-order valence-corrected chi connectivity index (χ3v) is 3.88. The maximum Gasteiger partial charge on any atom is 0.0624 e. The molecule has 2 aromatic rings. The summed E-state index contributed by atoms with van der Waals surface area (Å²) in [5.74, 6) is 0. The summed E-state index contributed by atoms with van der Waals surface area (Å²) in [6.07, 6.45) is 1.70. The van der Waals surface area contributed by atoms with E-state index >= 15 is 0 Å². The Morgan fingerprint density at radius 3 is 2.00 bits per heavy atom. The van der Waals surface area contributed by atoms with Crippen LogP contribution in [0.4, 0.5) is 0 Å². The number of benzene rings is 2. The van der Waals surface area contributed by atoms with Gasteiger partial charge in [0.05, 0.1) is 10.0 Å². The van der Waals surface area contributed by atoms with Crippen LogP contribution in [0.15, 0.2) is 42.5 Å². The van der Waals surface area contributed by atoms with Crippen molar-refractivity contribution in [3.05, 3.63) is 68.7 Å². The van der Waals surface area contributed by atoms with Crippen molar-refractivity contribution in [3.63, 3.8) is 0 Å². The van der Waals surface area contributed by atoms with Crippen molar-refractivity contribution in [3.8, 4) is 0 Å². The summed E-state index contributed by atoms with van der Waals surface area (Å²) in [5, 5.41) is 2.04. The van der Waals surface area contributed by atoms with Crippen molar-refractivity contribution < 1.29 is 0 Å². The highest BCUT2D eigenvalue weighted by atomic mass is 35.5. The molecule has 0 aliphatic carbocycles. The second-order valence-corrected chi connectivity index (χ2v) is 5.00. The highest BCUT2D eigenvalue weighted by Gasteiger charge is 2.05. The normalized spacial score (nSPS) is 10.5. The van der Waals surface area contributed by atoms with Crippen LogP contribution in [-0.4, -0.2) is 0 Å². The lowest BCUT2D eigenvalue weighted by molar-refractivity contribution is 0.961. The van der Waals surface area contributed by atoms with Crippen molar-refractivity contribution in [1.82, 2.24) is 0 Å². The molecule has 0 heterocycles. The zero-order valence-corrected chi connectivity index (χ0v) is 11.4. The second-order valence-electron chi connectivity index (χ2n) is 3.80. The molecule has 2 aromatic carbocycles. The van der Waals surface area contributed by atoms with Crippen LogP contribution in [0.2, 0.25) is 15.1 Å². The fraction of sp³-hybridized carbons (Fsp3) is 0.143. The predicted molar refractivity (Wildman–Crippen MR) is 75.3 cm³/mol. The first kappa shape index (κ1) is 12.8. The molecule has 0 nitrogen and oxygen atoms in total. The largest absolute Gasteiger partial charge is 0.0840 e. The highest BCUT2D eigenvalue weighted by Crippen LogP contribution is 2.27.